The number of nitrogens with zero attached hydrogens (tertiary/aromatic N) is 1. The molecule has 5 nitrogen and oxygen atoms in total. The molecule has 0 aliphatic carbocycles. The number of rotatable bonds is 3. The van der Waals surface area contributed by atoms with Crippen LogP contribution in [0.4, 0.5) is 5.69 Å². The summed E-state index contributed by atoms with van der Waals surface area (Å²) in [5.41, 5.74) is 1.25. The van der Waals surface area contributed by atoms with E-state index in [0.29, 0.717) is 44.0 Å². The summed E-state index contributed by atoms with van der Waals surface area (Å²) in [4.78, 5) is 25.4. The third kappa shape index (κ3) is 3.54. The van der Waals surface area contributed by atoms with Crippen molar-refractivity contribution in [3.63, 3.8) is 0 Å². The first-order valence-corrected chi connectivity index (χ1v) is 6.47. The second kappa shape index (κ2) is 6.33. The third-order valence-corrected chi connectivity index (χ3v) is 3.01. The quantitative estimate of drug-likeness (QED) is 0.898. The Hall–Kier alpha value is -1.88. The van der Waals surface area contributed by atoms with Crippen molar-refractivity contribution < 1.29 is 14.3 Å². The molecule has 2 rings (SSSR count). The van der Waals surface area contributed by atoms with Crippen LogP contribution in [0, 0.1) is 0 Å². The van der Waals surface area contributed by atoms with Gasteiger partial charge in [-0.05, 0) is 18.2 Å². The highest BCUT2D eigenvalue weighted by Gasteiger charge is 2.18. The lowest BCUT2D eigenvalue weighted by Gasteiger charge is -2.27. The van der Waals surface area contributed by atoms with Gasteiger partial charge in [-0.1, -0.05) is 13.0 Å². The van der Waals surface area contributed by atoms with Gasteiger partial charge in [-0.3, -0.25) is 9.59 Å². The molecule has 1 heterocycles. The number of carbonyl (C=O) groups is 2. The second-order valence-electron chi connectivity index (χ2n) is 4.39. The van der Waals surface area contributed by atoms with E-state index in [-0.39, 0.29) is 11.8 Å². The highest BCUT2D eigenvalue weighted by molar-refractivity contribution is 5.97. The SMILES string of the molecule is CCC(=O)Nc1cccc(C(=O)N2CCOCC2)c1. The molecule has 2 amide bonds. The Labute approximate surface area is 112 Å². The van der Waals surface area contributed by atoms with E-state index in [9.17, 15) is 9.59 Å². The lowest BCUT2D eigenvalue weighted by Crippen LogP contribution is -2.40. The maximum Gasteiger partial charge on any atom is 0.254 e. The van der Waals surface area contributed by atoms with Crippen molar-refractivity contribution in [1.29, 1.82) is 0 Å². The summed E-state index contributed by atoms with van der Waals surface area (Å²) in [5.74, 6) is -0.0770. The van der Waals surface area contributed by atoms with Crippen LogP contribution in [0.3, 0.4) is 0 Å². The highest BCUT2D eigenvalue weighted by Crippen LogP contribution is 2.14. The van der Waals surface area contributed by atoms with Gasteiger partial charge in [-0.15, -0.1) is 0 Å². The Morgan fingerprint density at radius 2 is 2.05 bits per heavy atom. The van der Waals surface area contributed by atoms with Crippen molar-refractivity contribution in [2.75, 3.05) is 31.6 Å². The van der Waals surface area contributed by atoms with Gasteiger partial charge in [0.25, 0.3) is 5.91 Å². The number of hydrogen-bond donors (Lipinski definition) is 1. The summed E-state index contributed by atoms with van der Waals surface area (Å²) in [6, 6.07) is 7.04. The fraction of sp³-hybridized carbons (Fsp3) is 0.429. The van der Waals surface area contributed by atoms with E-state index >= 15 is 0 Å². The topological polar surface area (TPSA) is 58.6 Å². The van der Waals surface area contributed by atoms with Crippen molar-refractivity contribution in [1.82, 2.24) is 4.90 Å². The minimum atomic E-state index is -0.0593. The predicted octanol–water partition coefficient (Wildman–Crippen LogP) is 1.51. The average Bonchev–Trinajstić information content (AvgIpc) is 2.47. The summed E-state index contributed by atoms with van der Waals surface area (Å²) in [7, 11) is 0. The van der Waals surface area contributed by atoms with Crippen molar-refractivity contribution in [3.05, 3.63) is 29.8 Å². The first-order chi connectivity index (χ1) is 9.20. The average molecular weight is 262 g/mol. The van der Waals surface area contributed by atoms with Crippen LogP contribution in [0.1, 0.15) is 23.7 Å². The lowest BCUT2D eigenvalue weighted by molar-refractivity contribution is -0.115. The molecule has 5 heteroatoms. The molecule has 1 aromatic carbocycles. The van der Waals surface area contributed by atoms with E-state index in [4.69, 9.17) is 4.74 Å². The van der Waals surface area contributed by atoms with Crippen LogP contribution in [0.2, 0.25) is 0 Å². The molecular formula is C14H18N2O3. The monoisotopic (exact) mass is 262 g/mol. The number of benzene rings is 1. The standard InChI is InChI=1S/C14H18N2O3/c1-2-13(17)15-12-5-3-4-11(10-12)14(18)16-6-8-19-9-7-16/h3-5,10H,2,6-9H2,1H3,(H,15,17). The van der Waals surface area contributed by atoms with Gasteiger partial charge in [0.2, 0.25) is 5.91 Å². The molecule has 1 saturated heterocycles. The van der Waals surface area contributed by atoms with Gasteiger partial charge >= 0.3 is 0 Å². The molecule has 1 N–H and O–H groups in total. The van der Waals surface area contributed by atoms with Gasteiger partial charge in [-0.25, -0.2) is 0 Å². The van der Waals surface area contributed by atoms with Gasteiger partial charge in [-0.2, -0.15) is 0 Å². The van der Waals surface area contributed by atoms with Gasteiger partial charge in [0.15, 0.2) is 0 Å². The molecule has 1 aliphatic heterocycles. The van der Waals surface area contributed by atoms with Gasteiger partial charge in [0.05, 0.1) is 13.2 Å². The van der Waals surface area contributed by atoms with Crippen LogP contribution in [0.5, 0.6) is 0 Å². The maximum atomic E-state index is 12.3. The van der Waals surface area contributed by atoms with E-state index in [1.165, 1.54) is 0 Å². The second-order valence-corrected chi connectivity index (χ2v) is 4.39. The molecule has 0 unspecified atom stereocenters. The summed E-state index contributed by atoms with van der Waals surface area (Å²) < 4.78 is 5.23. The van der Waals surface area contributed by atoms with Gasteiger partial charge in [0, 0.05) is 30.8 Å². The first kappa shape index (κ1) is 13.5. The first-order valence-electron chi connectivity index (χ1n) is 6.47. The number of nitrogens with one attached hydrogen (secondary N) is 1. The van der Waals surface area contributed by atoms with E-state index < -0.39 is 0 Å². The van der Waals surface area contributed by atoms with Crippen molar-refractivity contribution >= 4 is 17.5 Å². The molecule has 0 radical (unpaired) electrons. The molecule has 1 fully saturated rings. The fourth-order valence-corrected chi connectivity index (χ4v) is 1.93. The molecule has 0 saturated carbocycles. The molecule has 0 spiro atoms. The molecule has 0 aromatic heterocycles. The van der Waals surface area contributed by atoms with E-state index in [0.717, 1.165) is 0 Å². The zero-order chi connectivity index (χ0) is 13.7. The van der Waals surface area contributed by atoms with Crippen molar-refractivity contribution in [3.8, 4) is 0 Å². The number of anilines is 1. The van der Waals surface area contributed by atoms with Crippen LogP contribution < -0.4 is 5.32 Å². The predicted molar refractivity (Wildman–Crippen MR) is 72.1 cm³/mol. The summed E-state index contributed by atoms with van der Waals surface area (Å²) >= 11 is 0. The molecule has 0 atom stereocenters. The number of carbonyl (C=O) groups excluding carboxylic acids is 2. The van der Waals surface area contributed by atoms with Gasteiger partial charge in [0.1, 0.15) is 0 Å². The van der Waals surface area contributed by atoms with E-state index in [1.54, 1.807) is 36.1 Å². The van der Waals surface area contributed by atoms with Crippen molar-refractivity contribution in [2.24, 2.45) is 0 Å². The van der Waals surface area contributed by atoms with Crippen LogP contribution in [-0.4, -0.2) is 43.0 Å². The smallest absolute Gasteiger partial charge is 0.254 e. The Morgan fingerprint density at radius 3 is 2.74 bits per heavy atom. The Morgan fingerprint density at radius 1 is 1.32 bits per heavy atom. The Bertz CT molecular complexity index is 468. The van der Waals surface area contributed by atoms with Gasteiger partial charge < -0.3 is 15.0 Å². The Kier molecular flexibility index (Phi) is 4.52. The maximum absolute atomic E-state index is 12.3. The van der Waals surface area contributed by atoms with Crippen LogP contribution in [-0.2, 0) is 9.53 Å². The van der Waals surface area contributed by atoms with E-state index in [2.05, 4.69) is 5.32 Å². The molecule has 1 aromatic rings. The van der Waals surface area contributed by atoms with Crippen LogP contribution in [0.15, 0.2) is 24.3 Å². The number of morpholine rings is 1. The molecular weight excluding hydrogens is 244 g/mol. The van der Waals surface area contributed by atoms with Crippen LogP contribution >= 0.6 is 0 Å². The fourth-order valence-electron chi connectivity index (χ4n) is 1.93. The zero-order valence-electron chi connectivity index (χ0n) is 11.0. The van der Waals surface area contributed by atoms with Crippen LogP contribution in [0.25, 0.3) is 0 Å². The largest absolute Gasteiger partial charge is 0.378 e. The summed E-state index contributed by atoms with van der Waals surface area (Å²) in [6.07, 6.45) is 0.418. The molecule has 1 aliphatic rings. The third-order valence-electron chi connectivity index (χ3n) is 3.01. The molecule has 102 valence electrons. The Balaban J connectivity index is 2.09. The minimum Gasteiger partial charge on any atom is -0.378 e. The highest BCUT2D eigenvalue weighted by atomic mass is 16.5. The van der Waals surface area contributed by atoms with E-state index in [1.807, 2.05) is 0 Å². The normalized spacial score (nSPS) is 15.1. The minimum absolute atomic E-state index is 0.0177. The number of hydrogen-bond acceptors (Lipinski definition) is 3. The number of ether oxygens (including phenoxy) is 1. The summed E-state index contributed by atoms with van der Waals surface area (Å²) in [5, 5.41) is 2.76. The molecule has 0 bridgehead atoms. The molecule has 19 heavy (non-hydrogen) atoms. The van der Waals surface area contributed by atoms with Crippen molar-refractivity contribution in [2.45, 2.75) is 13.3 Å². The number of amides is 2. The lowest BCUT2D eigenvalue weighted by atomic mass is 10.1. The summed E-state index contributed by atoms with van der Waals surface area (Å²) in [6.45, 7) is 4.18. The zero-order valence-corrected chi connectivity index (χ0v) is 11.0.